The molecule has 0 amide bonds. The maximum atomic E-state index is 10.7. The van der Waals surface area contributed by atoms with E-state index < -0.39 is 5.97 Å². The molecule has 4 nitrogen and oxygen atoms in total. The van der Waals surface area contributed by atoms with Gasteiger partial charge >= 0.3 is 11.9 Å². The Morgan fingerprint density at radius 3 is 2.58 bits per heavy atom. The van der Waals surface area contributed by atoms with Crippen LogP contribution in [0.25, 0.3) is 0 Å². The lowest BCUT2D eigenvalue weighted by molar-refractivity contribution is -0.144. The highest BCUT2D eigenvalue weighted by atomic mass is 16.5. The Morgan fingerprint density at radius 1 is 1.42 bits per heavy atom. The first kappa shape index (κ1) is 10.7. The topological polar surface area (TPSA) is 52.6 Å². The van der Waals surface area contributed by atoms with Crippen LogP contribution in [0.3, 0.4) is 0 Å². The smallest absolute Gasteiger partial charge is 0.330 e. The summed E-state index contributed by atoms with van der Waals surface area (Å²) >= 11 is 0. The quantitative estimate of drug-likeness (QED) is 0.462. The van der Waals surface area contributed by atoms with Crippen molar-refractivity contribution < 1.29 is 19.1 Å². The number of methoxy groups -OCH3 is 1. The number of rotatable bonds is 4. The fourth-order valence-electron chi connectivity index (χ4n) is 0.521. The van der Waals surface area contributed by atoms with Crippen LogP contribution in [0.2, 0.25) is 0 Å². The van der Waals surface area contributed by atoms with Crippen molar-refractivity contribution in [3.8, 4) is 0 Å². The van der Waals surface area contributed by atoms with E-state index in [9.17, 15) is 9.59 Å². The van der Waals surface area contributed by atoms with E-state index >= 15 is 0 Å². The van der Waals surface area contributed by atoms with E-state index in [0.29, 0.717) is 0 Å². The number of hydrogen-bond donors (Lipinski definition) is 0. The monoisotopic (exact) mass is 172 g/mol. The SMILES string of the molecule is C/C=C\C(=O)OCCC(=O)OC. The minimum absolute atomic E-state index is 0.0653. The average molecular weight is 172 g/mol. The number of carbonyl (C=O) groups is 2. The average Bonchev–Trinajstić information content (AvgIpc) is 2.04. The predicted molar refractivity (Wildman–Crippen MR) is 42.4 cm³/mol. The summed E-state index contributed by atoms with van der Waals surface area (Å²) in [5, 5.41) is 0. The molecule has 12 heavy (non-hydrogen) atoms. The Hall–Kier alpha value is -1.32. The number of hydrogen-bond acceptors (Lipinski definition) is 4. The van der Waals surface area contributed by atoms with E-state index in [0.717, 1.165) is 0 Å². The first-order valence-electron chi connectivity index (χ1n) is 3.57. The summed E-state index contributed by atoms with van der Waals surface area (Å²) in [7, 11) is 1.29. The van der Waals surface area contributed by atoms with Gasteiger partial charge in [0.25, 0.3) is 0 Å². The summed E-state index contributed by atoms with van der Waals surface area (Å²) in [6.07, 6.45) is 2.96. The fourth-order valence-corrected chi connectivity index (χ4v) is 0.521. The van der Waals surface area contributed by atoms with Crippen LogP contribution < -0.4 is 0 Å². The zero-order chi connectivity index (χ0) is 9.40. The largest absolute Gasteiger partial charge is 0.469 e. The zero-order valence-corrected chi connectivity index (χ0v) is 7.20. The standard InChI is InChI=1S/C8H12O4/c1-3-4-8(10)12-6-5-7(9)11-2/h3-4H,5-6H2,1-2H3/b4-3-. The second kappa shape index (κ2) is 6.39. The molecule has 0 aliphatic rings. The maximum Gasteiger partial charge on any atom is 0.330 e. The van der Waals surface area contributed by atoms with Gasteiger partial charge in [0.05, 0.1) is 13.5 Å². The van der Waals surface area contributed by atoms with E-state index in [1.807, 2.05) is 0 Å². The number of ether oxygens (including phenoxy) is 2. The van der Waals surface area contributed by atoms with Crippen LogP contribution in [0.4, 0.5) is 0 Å². The molecule has 0 rings (SSSR count). The van der Waals surface area contributed by atoms with Gasteiger partial charge in [0.15, 0.2) is 0 Å². The van der Waals surface area contributed by atoms with Gasteiger partial charge in [-0.15, -0.1) is 0 Å². The molecular formula is C8H12O4. The van der Waals surface area contributed by atoms with Crippen LogP contribution in [0.1, 0.15) is 13.3 Å². The fraction of sp³-hybridized carbons (Fsp3) is 0.500. The molecule has 0 aliphatic heterocycles. The molecule has 0 saturated carbocycles. The number of allylic oxidation sites excluding steroid dienone is 1. The van der Waals surface area contributed by atoms with Gasteiger partial charge in [-0.1, -0.05) is 6.08 Å². The van der Waals surface area contributed by atoms with Gasteiger partial charge in [-0.2, -0.15) is 0 Å². The molecule has 0 spiro atoms. The number of esters is 2. The van der Waals surface area contributed by atoms with E-state index in [1.54, 1.807) is 13.0 Å². The molecule has 0 saturated heterocycles. The highest BCUT2D eigenvalue weighted by molar-refractivity contribution is 5.82. The van der Waals surface area contributed by atoms with Crippen molar-refractivity contribution in [2.24, 2.45) is 0 Å². The Balaban J connectivity index is 3.43. The third-order valence-electron chi connectivity index (χ3n) is 1.08. The third kappa shape index (κ3) is 5.46. The maximum absolute atomic E-state index is 10.7. The van der Waals surface area contributed by atoms with Crippen LogP contribution in [0.5, 0.6) is 0 Å². The van der Waals surface area contributed by atoms with Crippen LogP contribution in [-0.2, 0) is 19.1 Å². The lowest BCUT2D eigenvalue weighted by Gasteiger charge is -1.99. The van der Waals surface area contributed by atoms with E-state index in [2.05, 4.69) is 9.47 Å². The molecule has 68 valence electrons. The first-order valence-corrected chi connectivity index (χ1v) is 3.57. The van der Waals surface area contributed by atoms with Crippen LogP contribution in [0, 0.1) is 0 Å². The van der Waals surface area contributed by atoms with Crippen LogP contribution in [-0.4, -0.2) is 25.7 Å². The van der Waals surface area contributed by atoms with Crippen molar-refractivity contribution >= 4 is 11.9 Å². The molecular weight excluding hydrogens is 160 g/mol. The summed E-state index contributed by atoms with van der Waals surface area (Å²) in [6.45, 7) is 1.78. The third-order valence-corrected chi connectivity index (χ3v) is 1.08. The van der Waals surface area contributed by atoms with E-state index in [1.165, 1.54) is 13.2 Å². The second-order valence-corrected chi connectivity index (χ2v) is 1.99. The number of carbonyl (C=O) groups excluding carboxylic acids is 2. The molecule has 0 radical (unpaired) electrons. The highest BCUT2D eigenvalue weighted by Crippen LogP contribution is 1.88. The highest BCUT2D eigenvalue weighted by Gasteiger charge is 2.01. The van der Waals surface area contributed by atoms with Crippen molar-refractivity contribution in [2.45, 2.75) is 13.3 Å². The Kier molecular flexibility index (Phi) is 5.69. The molecule has 0 N–H and O–H groups in total. The Bertz CT molecular complexity index is 183. The lowest BCUT2D eigenvalue weighted by atomic mass is 10.4. The lowest BCUT2D eigenvalue weighted by Crippen LogP contribution is -2.08. The Morgan fingerprint density at radius 2 is 2.08 bits per heavy atom. The second-order valence-electron chi connectivity index (χ2n) is 1.99. The van der Waals surface area contributed by atoms with Gasteiger partial charge in [-0.25, -0.2) is 4.79 Å². The minimum Gasteiger partial charge on any atom is -0.469 e. The van der Waals surface area contributed by atoms with Crippen molar-refractivity contribution in [1.29, 1.82) is 0 Å². The molecule has 0 unspecified atom stereocenters. The minimum atomic E-state index is -0.443. The molecule has 0 aromatic rings. The van der Waals surface area contributed by atoms with Gasteiger partial charge in [0.1, 0.15) is 6.61 Å². The zero-order valence-electron chi connectivity index (χ0n) is 7.20. The summed E-state index contributed by atoms with van der Waals surface area (Å²) < 4.78 is 8.97. The molecule has 0 aromatic carbocycles. The molecule has 0 fully saturated rings. The van der Waals surface area contributed by atoms with Crippen molar-refractivity contribution in [3.63, 3.8) is 0 Å². The molecule has 0 atom stereocenters. The summed E-state index contributed by atoms with van der Waals surface area (Å²) in [5.74, 6) is -0.829. The van der Waals surface area contributed by atoms with Crippen LogP contribution >= 0.6 is 0 Å². The van der Waals surface area contributed by atoms with E-state index in [4.69, 9.17) is 0 Å². The van der Waals surface area contributed by atoms with Crippen LogP contribution in [0.15, 0.2) is 12.2 Å². The van der Waals surface area contributed by atoms with Gasteiger partial charge in [0.2, 0.25) is 0 Å². The summed E-state index contributed by atoms with van der Waals surface area (Å²) in [6, 6.07) is 0. The summed E-state index contributed by atoms with van der Waals surface area (Å²) in [4.78, 5) is 21.2. The van der Waals surface area contributed by atoms with Gasteiger partial charge in [0, 0.05) is 6.08 Å². The van der Waals surface area contributed by atoms with Crippen molar-refractivity contribution in [1.82, 2.24) is 0 Å². The van der Waals surface area contributed by atoms with Gasteiger partial charge in [-0.3, -0.25) is 4.79 Å². The molecule has 0 aliphatic carbocycles. The Labute approximate surface area is 71.2 Å². The first-order chi connectivity index (χ1) is 5.70. The molecule has 0 bridgehead atoms. The van der Waals surface area contributed by atoms with Gasteiger partial charge in [-0.05, 0) is 6.92 Å². The van der Waals surface area contributed by atoms with Crippen molar-refractivity contribution in [3.05, 3.63) is 12.2 Å². The van der Waals surface area contributed by atoms with Gasteiger partial charge < -0.3 is 9.47 Å². The van der Waals surface area contributed by atoms with E-state index in [-0.39, 0.29) is 19.0 Å². The summed E-state index contributed by atoms with van der Waals surface area (Å²) in [5.41, 5.74) is 0. The molecule has 0 heterocycles. The predicted octanol–water partition coefficient (Wildman–Crippen LogP) is 0.669. The normalized spacial score (nSPS) is 9.83. The van der Waals surface area contributed by atoms with Crippen molar-refractivity contribution in [2.75, 3.05) is 13.7 Å². The molecule has 4 heteroatoms. The molecule has 0 aromatic heterocycles.